The van der Waals surface area contributed by atoms with Crippen molar-refractivity contribution in [3.05, 3.63) is 64.1 Å². The first kappa shape index (κ1) is 13.9. The van der Waals surface area contributed by atoms with E-state index in [2.05, 4.69) is 5.32 Å². The molecular formula is C14H11Cl2NO2. The van der Waals surface area contributed by atoms with Crippen LogP contribution in [0.1, 0.15) is 11.7 Å². The zero-order valence-corrected chi connectivity index (χ0v) is 11.3. The molecular weight excluding hydrogens is 285 g/mol. The average Bonchev–Trinajstić information content (AvgIpc) is 2.39. The number of rotatable bonds is 3. The van der Waals surface area contributed by atoms with Crippen LogP contribution in [0.2, 0.25) is 10.0 Å². The highest BCUT2D eigenvalue weighted by molar-refractivity contribution is 6.35. The third-order valence-corrected chi connectivity index (χ3v) is 3.11. The number of aliphatic hydroxyl groups is 1. The molecule has 0 aliphatic rings. The molecule has 2 N–H and O–H groups in total. The largest absolute Gasteiger partial charge is 0.378 e. The molecule has 0 fully saturated rings. The molecule has 0 spiro atoms. The first-order valence-electron chi connectivity index (χ1n) is 5.57. The van der Waals surface area contributed by atoms with Gasteiger partial charge < -0.3 is 10.4 Å². The van der Waals surface area contributed by atoms with Gasteiger partial charge in [-0.25, -0.2) is 0 Å². The standard InChI is InChI=1S/C14H11Cl2NO2/c15-9-6-7-11(12(16)8-9)13(18)14(19)17-10-4-2-1-3-5-10/h1-8,13,18H,(H,17,19). The lowest BCUT2D eigenvalue weighted by atomic mass is 10.1. The van der Waals surface area contributed by atoms with Gasteiger partial charge in [0, 0.05) is 21.3 Å². The summed E-state index contributed by atoms with van der Waals surface area (Å²) in [5, 5.41) is 13.3. The Morgan fingerprint density at radius 3 is 2.42 bits per heavy atom. The summed E-state index contributed by atoms with van der Waals surface area (Å²) < 4.78 is 0. The Morgan fingerprint density at radius 2 is 1.79 bits per heavy atom. The Morgan fingerprint density at radius 1 is 1.11 bits per heavy atom. The quantitative estimate of drug-likeness (QED) is 0.908. The molecule has 0 bridgehead atoms. The van der Waals surface area contributed by atoms with E-state index in [9.17, 15) is 9.90 Å². The number of carbonyl (C=O) groups is 1. The summed E-state index contributed by atoms with van der Waals surface area (Å²) in [4.78, 5) is 11.9. The molecule has 0 aliphatic carbocycles. The molecule has 2 rings (SSSR count). The molecule has 0 aliphatic heterocycles. The van der Waals surface area contributed by atoms with Crippen molar-refractivity contribution in [3.8, 4) is 0 Å². The van der Waals surface area contributed by atoms with Gasteiger partial charge in [0.2, 0.25) is 0 Å². The predicted octanol–water partition coefficient (Wildman–Crippen LogP) is 3.67. The van der Waals surface area contributed by atoms with E-state index < -0.39 is 12.0 Å². The van der Waals surface area contributed by atoms with E-state index >= 15 is 0 Å². The lowest BCUT2D eigenvalue weighted by Gasteiger charge is -2.13. The second kappa shape index (κ2) is 6.06. The van der Waals surface area contributed by atoms with Crippen LogP contribution in [0.4, 0.5) is 5.69 Å². The van der Waals surface area contributed by atoms with Crippen molar-refractivity contribution >= 4 is 34.8 Å². The van der Waals surface area contributed by atoms with Crippen LogP contribution in [-0.2, 0) is 4.79 Å². The van der Waals surface area contributed by atoms with E-state index in [-0.39, 0.29) is 5.02 Å². The molecule has 0 aromatic heterocycles. The van der Waals surface area contributed by atoms with Crippen LogP contribution >= 0.6 is 23.2 Å². The molecule has 3 nitrogen and oxygen atoms in total. The molecule has 0 saturated heterocycles. The maximum Gasteiger partial charge on any atom is 0.257 e. The van der Waals surface area contributed by atoms with Gasteiger partial charge in [-0.15, -0.1) is 0 Å². The number of anilines is 1. The highest BCUT2D eigenvalue weighted by Crippen LogP contribution is 2.27. The predicted molar refractivity (Wildman–Crippen MR) is 76.5 cm³/mol. The maximum absolute atomic E-state index is 11.9. The summed E-state index contributed by atoms with van der Waals surface area (Å²) in [5.41, 5.74) is 0.927. The Bertz CT molecular complexity index is 587. The second-order valence-electron chi connectivity index (χ2n) is 3.92. The fraction of sp³-hybridized carbons (Fsp3) is 0.0714. The summed E-state index contributed by atoms with van der Waals surface area (Å²) in [6.45, 7) is 0. The minimum Gasteiger partial charge on any atom is -0.378 e. The van der Waals surface area contributed by atoms with Crippen molar-refractivity contribution in [2.45, 2.75) is 6.10 Å². The molecule has 2 aromatic rings. The monoisotopic (exact) mass is 295 g/mol. The molecule has 0 radical (unpaired) electrons. The van der Waals surface area contributed by atoms with E-state index in [1.54, 1.807) is 30.3 Å². The van der Waals surface area contributed by atoms with Gasteiger partial charge in [-0.05, 0) is 24.3 Å². The van der Waals surface area contributed by atoms with E-state index in [4.69, 9.17) is 23.2 Å². The number of aliphatic hydroxyl groups excluding tert-OH is 1. The Hall–Kier alpha value is -1.55. The van der Waals surface area contributed by atoms with Crippen LogP contribution in [0, 0.1) is 0 Å². The molecule has 0 heterocycles. The van der Waals surface area contributed by atoms with Crippen LogP contribution in [-0.4, -0.2) is 11.0 Å². The van der Waals surface area contributed by atoms with Crippen molar-refractivity contribution < 1.29 is 9.90 Å². The normalized spacial score (nSPS) is 11.9. The first-order chi connectivity index (χ1) is 9.08. The van der Waals surface area contributed by atoms with Crippen molar-refractivity contribution in [1.82, 2.24) is 0 Å². The fourth-order valence-electron chi connectivity index (χ4n) is 1.60. The number of hydrogen-bond acceptors (Lipinski definition) is 2. The molecule has 1 amide bonds. The minimum absolute atomic E-state index is 0.253. The van der Waals surface area contributed by atoms with Crippen LogP contribution in [0.25, 0.3) is 0 Å². The van der Waals surface area contributed by atoms with E-state index in [0.29, 0.717) is 16.3 Å². The van der Waals surface area contributed by atoms with Crippen LogP contribution in [0.15, 0.2) is 48.5 Å². The molecule has 98 valence electrons. The summed E-state index contributed by atoms with van der Waals surface area (Å²) in [7, 11) is 0. The van der Waals surface area contributed by atoms with Crippen LogP contribution in [0.5, 0.6) is 0 Å². The summed E-state index contributed by atoms with van der Waals surface area (Å²) in [6.07, 6.45) is -1.34. The molecule has 5 heteroatoms. The van der Waals surface area contributed by atoms with Gasteiger partial charge in [0.1, 0.15) is 0 Å². The Balaban J connectivity index is 2.15. The Kier molecular flexibility index (Phi) is 4.43. The number of nitrogens with one attached hydrogen (secondary N) is 1. The van der Waals surface area contributed by atoms with Crippen LogP contribution < -0.4 is 5.32 Å². The molecule has 2 aromatic carbocycles. The van der Waals surface area contributed by atoms with Crippen molar-refractivity contribution in [1.29, 1.82) is 0 Å². The maximum atomic E-state index is 11.9. The number of amides is 1. The smallest absolute Gasteiger partial charge is 0.257 e. The molecule has 19 heavy (non-hydrogen) atoms. The summed E-state index contributed by atoms with van der Waals surface area (Å²) >= 11 is 11.7. The number of para-hydroxylation sites is 1. The lowest BCUT2D eigenvalue weighted by Crippen LogP contribution is -2.21. The summed E-state index contributed by atoms with van der Waals surface area (Å²) in [5.74, 6) is -0.546. The second-order valence-corrected chi connectivity index (χ2v) is 4.77. The Labute approximate surface area is 120 Å². The van der Waals surface area contributed by atoms with Gasteiger partial charge in [-0.1, -0.05) is 47.5 Å². The highest BCUT2D eigenvalue weighted by Gasteiger charge is 2.20. The van der Waals surface area contributed by atoms with E-state index in [0.717, 1.165) is 0 Å². The van der Waals surface area contributed by atoms with E-state index in [1.807, 2.05) is 6.07 Å². The topological polar surface area (TPSA) is 49.3 Å². The SMILES string of the molecule is O=C(Nc1ccccc1)C(O)c1ccc(Cl)cc1Cl. The van der Waals surface area contributed by atoms with Crippen LogP contribution in [0.3, 0.4) is 0 Å². The average molecular weight is 296 g/mol. The van der Waals surface area contributed by atoms with Crippen molar-refractivity contribution in [2.75, 3.05) is 5.32 Å². The van der Waals surface area contributed by atoms with Crippen molar-refractivity contribution in [3.63, 3.8) is 0 Å². The fourth-order valence-corrected chi connectivity index (χ4v) is 2.11. The number of benzene rings is 2. The van der Waals surface area contributed by atoms with Gasteiger partial charge in [-0.3, -0.25) is 4.79 Å². The summed E-state index contributed by atoms with van der Waals surface area (Å²) in [6, 6.07) is 13.5. The highest BCUT2D eigenvalue weighted by atomic mass is 35.5. The van der Waals surface area contributed by atoms with Gasteiger partial charge in [-0.2, -0.15) is 0 Å². The third kappa shape index (κ3) is 3.47. The van der Waals surface area contributed by atoms with Gasteiger partial charge in [0.25, 0.3) is 5.91 Å². The minimum atomic E-state index is -1.34. The number of hydrogen-bond donors (Lipinski definition) is 2. The van der Waals surface area contributed by atoms with E-state index in [1.165, 1.54) is 12.1 Å². The third-order valence-electron chi connectivity index (χ3n) is 2.55. The number of carbonyl (C=O) groups excluding carboxylic acids is 1. The first-order valence-corrected chi connectivity index (χ1v) is 6.32. The lowest BCUT2D eigenvalue weighted by molar-refractivity contribution is -0.124. The van der Waals surface area contributed by atoms with Crippen molar-refractivity contribution in [2.24, 2.45) is 0 Å². The van der Waals surface area contributed by atoms with Gasteiger partial charge in [0.05, 0.1) is 0 Å². The zero-order valence-electron chi connectivity index (χ0n) is 9.81. The zero-order chi connectivity index (χ0) is 13.8. The van der Waals surface area contributed by atoms with Gasteiger partial charge >= 0.3 is 0 Å². The van der Waals surface area contributed by atoms with Gasteiger partial charge in [0.15, 0.2) is 6.10 Å². The molecule has 1 unspecified atom stereocenters. The molecule has 1 atom stereocenters. The number of halogens is 2. The molecule has 0 saturated carbocycles.